The van der Waals surface area contributed by atoms with E-state index in [1.165, 1.54) is 6.20 Å². The third kappa shape index (κ3) is 6.30. The van der Waals surface area contributed by atoms with Crippen molar-refractivity contribution in [3.05, 3.63) is 64.9 Å². The number of pyridine rings is 1. The zero-order valence-corrected chi connectivity index (χ0v) is 16.4. The Hall–Kier alpha value is -2.48. The number of amides is 2. The number of ether oxygens (including phenoxy) is 1. The van der Waals surface area contributed by atoms with E-state index in [0.29, 0.717) is 35.8 Å². The van der Waals surface area contributed by atoms with Gasteiger partial charge in [-0.1, -0.05) is 23.7 Å². The highest BCUT2D eigenvalue weighted by Crippen LogP contribution is 2.19. The highest BCUT2D eigenvalue weighted by molar-refractivity contribution is 6.33. The van der Waals surface area contributed by atoms with Gasteiger partial charge in [-0.2, -0.15) is 0 Å². The average molecular weight is 406 g/mol. The number of halogens is 1. The number of nitrogens with zero attached hydrogens (tertiary/aromatic N) is 1. The van der Waals surface area contributed by atoms with Crippen LogP contribution in [0.15, 0.2) is 48.8 Å². The molecule has 1 aliphatic heterocycles. The van der Waals surface area contributed by atoms with E-state index in [-0.39, 0.29) is 23.8 Å². The molecule has 2 amide bonds. The Morgan fingerprint density at radius 2 is 1.89 bits per heavy atom. The Labute approximate surface area is 169 Å². The number of hydrogen-bond donors (Lipinski definition) is 3. The molecule has 0 spiro atoms. The molecule has 3 N–H and O–H groups in total. The van der Waals surface area contributed by atoms with Gasteiger partial charge in [0.15, 0.2) is 0 Å². The van der Waals surface area contributed by atoms with Crippen LogP contribution in [-0.2, 0) is 4.74 Å². The number of carbonyl (C=O) groups excluding carboxylic acids is 2. The topological polar surface area (TPSA) is 101 Å². The quantitative estimate of drug-likeness (QED) is 0.681. The summed E-state index contributed by atoms with van der Waals surface area (Å²) < 4.78 is 5.71. The van der Waals surface area contributed by atoms with Crippen LogP contribution in [0.25, 0.3) is 0 Å². The fourth-order valence-electron chi connectivity index (χ4n) is 2.85. The molecule has 1 aliphatic rings. The van der Waals surface area contributed by atoms with E-state index < -0.39 is 0 Å². The first-order chi connectivity index (χ1) is 13.6. The number of hydrogen-bond acceptors (Lipinski definition) is 5. The van der Waals surface area contributed by atoms with Gasteiger partial charge in [0.05, 0.1) is 28.9 Å². The van der Waals surface area contributed by atoms with Crippen molar-refractivity contribution in [2.75, 3.05) is 26.8 Å². The molecule has 0 aliphatic carbocycles. The minimum Gasteiger partial charge on any atom is -0.400 e. The standard InChI is InChI=1S/C19H20ClN3O3.CH4O/c20-17-6-2-1-5-16(17)19(25)23-11-15-8-13(12-26-15)9-22-18(24)14-4-3-7-21-10-14;1-2/h1-7,10,13,15H,8-9,11-12H2,(H,22,24)(H,23,25);2H,1H3. The third-order valence-corrected chi connectivity index (χ3v) is 4.58. The lowest BCUT2D eigenvalue weighted by Gasteiger charge is -2.12. The molecule has 2 aromatic rings. The molecule has 3 rings (SSSR count). The lowest BCUT2D eigenvalue weighted by molar-refractivity contribution is 0.0843. The largest absolute Gasteiger partial charge is 0.400 e. The van der Waals surface area contributed by atoms with Crippen molar-refractivity contribution in [2.24, 2.45) is 5.92 Å². The molecule has 1 aromatic carbocycles. The Bertz CT molecular complexity index is 773. The summed E-state index contributed by atoms with van der Waals surface area (Å²) in [6.07, 6.45) is 3.87. The van der Waals surface area contributed by atoms with Gasteiger partial charge in [0.1, 0.15) is 0 Å². The van der Waals surface area contributed by atoms with Crippen LogP contribution in [0.4, 0.5) is 0 Å². The van der Waals surface area contributed by atoms with Gasteiger partial charge in [0, 0.05) is 38.5 Å². The fraction of sp³-hybridized carbons (Fsp3) is 0.350. The molecule has 8 heteroatoms. The predicted molar refractivity (Wildman–Crippen MR) is 106 cm³/mol. The van der Waals surface area contributed by atoms with Crippen LogP contribution in [0.3, 0.4) is 0 Å². The monoisotopic (exact) mass is 405 g/mol. The summed E-state index contributed by atoms with van der Waals surface area (Å²) in [7, 11) is 1.00. The molecule has 0 saturated carbocycles. The van der Waals surface area contributed by atoms with Crippen LogP contribution >= 0.6 is 11.6 Å². The summed E-state index contributed by atoms with van der Waals surface area (Å²) in [5.41, 5.74) is 0.988. The molecule has 1 saturated heterocycles. The van der Waals surface area contributed by atoms with Crippen molar-refractivity contribution in [1.82, 2.24) is 15.6 Å². The normalized spacial score (nSPS) is 18.0. The second-order valence-electron chi connectivity index (χ2n) is 6.20. The maximum absolute atomic E-state index is 12.2. The van der Waals surface area contributed by atoms with Gasteiger partial charge in [-0.15, -0.1) is 0 Å². The van der Waals surface area contributed by atoms with Gasteiger partial charge < -0.3 is 20.5 Å². The second kappa shape index (κ2) is 11.4. The fourth-order valence-corrected chi connectivity index (χ4v) is 3.07. The Balaban J connectivity index is 0.00000136. The van der Waals surface area contributed by atoms with Crippen molar-refractivity contribution >= 4 is 23.4 Å². The van der Waals surface area contributed by atoms with Crippen molar-refractivity contribution in [3.8, 4) is 0 Å². The van der Waals surface area contributed by atoms with Crippen LogP contribution in [0.2, 0.25) is 5.02 Å². The smallest absolute Gasteiger partial charge is 0.252 e. The predicted octanol–water partition coefficient (Wildman–Crippen LogP) is 1.91. The van der Waals surface area contributed by atoms with E-state index in [4.69, 9.17) is 21.4 Å². The zero-order valence-electron chi connectivity index (χ0n) is 15.6. The van der Waals surface area contributed by atoms with Gasteiger partial charge >= 0.3 is 0 Å². The van der Waals surface area contributed by atoms with Crippen molar-refractivity contribution < 1.29 is 19.4 Å². The first kappa shape index (κ1) is 21.8. The van der Waals surface area contributed by atoms with Gasteiger partial charge in [-0.25, -0.2) is 0 Å². The molecule has 1 fully saturated rings. The molecule has 1 aromatic heterocycles. The summed E-state index contributed by atoms with van der Waals surface area (Å²) in [5, 5.41) is 13.2. The van der Waals surface area contributed by atoms with Crippen molar-refractivity contribution in [1.29, 1.82) is 0 Å². The Kier molecular flexibility index (Phi) is 8.87. The molecule has 7 nitrogen and oxygen atoms in total. The van der Waals surface area contributed by atoms with E-state index in [9.17, 15) is 9.59 Å². The molecule has 0 bridgehead atoms. The minimum atomic E-state index is -0.215. The summed E-state index contributed by atoms with van der Waals surface area (Å²) in [6.45, 7) is 1.50. The van der Waals surface area contributed by atoms with Crippen LogP contribution < -0.4 is 10.6 Å². The second-order valence-corrected chi connectivity index (χ2v) is 6.61. The van der Waals surface area contributed by atoms with Crippen LogP contribution in [0, 0.1) is 5.92 Å². The maximum atomic E-state index is 12.2. The first-order valence-electron chi connectivity index (χ1n) is 8.90. The number of aromatic nitrogens is 1. The number of benzene rings is 1. The first-order valence-corrected chi connectivity index (χ1v) is 9.28. The van der Waals surface area contributed by atoms with Crippen molar-refractivity contribution in [2.45, 2.75) is 12.5 Å². The maximum Gasteiger partial charge on any atom is 0.252 e. The third-order valence-electron chi connectivity index (χ3n) is 4.25. The Morgan fingerprint density at radius 1 is 1.14 bits per heavy atom. The highest BCUT2D eigenvalue weighted by Gasteiger charge is 2.26. The summed E-state index contributed by atoms with van der Waals surface area (Å²) in [6, 6.07) is 10.4. The molecular formula is C20H24ClN3O4. The van der Waals surface area contributed by atoms with Gasteiger partial charge in [-0.3, -0.25) is 14.6 Å². The number of carbonyl (C=O) groups is 2. The molecule has 150 valence electrons. The molecular weight excluding hydrogens is 382 g/mol. The lowest BCUT2D eigenvalue weighted by Crippen LogP contribution is -2.32. The molecule has 28 heavy (non-hydrogen) atoms. The Morgan fingerprint density at radius 3 is 2.61 bits per heavy atom. The van der Waals surface area contributed by atoms with E-state index in [1.54, 1.807) is 42.6 Å². The zero-order chi connectivity index (χ0) is 20.4. The summed E-state index contributed by atoms with van der Waals surface area (Å²) >= 11 is 6.02. The average Bonchev–Trinajstić information content (AvgIpc) is 3.20. The summed E-state index contributed by atoms with van der Waals surface area (Å²) in [4.78, 5) is 28.1. The molecule has 2 atom stereocenters. The van der Waals surface area contributed by atoms with Gasteiger partial charge in [0.2, 0.25) is 0 Å². The number of nitrogens with one attached hydrogen (secondary N) is 2. The summed E-state index contributed by atoms with van der Waals surface area (Å²) in [5.74, 6) is -0.140. The minimum absolute atomic E-state index is 0.0678. The van der Waals surface area contributed by atoms with Gasteiger partial charge in [-0.05, 0) is 30.7 Å². The highest BCUT2D eigenvalue weighted by atomic mass is 35.5. The van der Waals surface area contributed by atoms with E-state index >= 15 is 0 Å². The van der Waals surface area contributed by atoms with E-state index in [1.807, 2.05) is 0 Å². The van der Waals surface area contributed by atoms with Crippen LogP contribution in [0.5, 0.6) is 0 Å². The number of aliphatic hydroxyl groups is 1. The molecule has 2 unspecified atom stereocenters. The van der Waals surface area contributed by atoms with E-state index in [0.717, 1.165) is 13.5 Å². The number of rotatable bonds is 6. The number of aliphatic hydroxyl groups excluding tert-OH is 1. The van der Waals surface area contributed by atoms with Gasteiger partial charge in [0.25, 0.3) is 11.8 Å². The molecule has 2 heterocycles. The van der Waals surface area contributed by atoms with Crippen LogP contribution in [0.1, 0.15) is 27.1 Å². The van der Waals surface area contributed by atoms with Crippen LogP contribution in [-0.4, -0.2) is 54.8 Å². The van der Waals surface area contributed by atoms with E-state index in [2.05, 4.69) is 15.6 Å². The van der Waals surface area contributed by atoms with Crippen molar-refractivity contribution in [3.63, 3.8) is 0 Å². The lowest BCUT2D eigenvalue weighted by atomic mass is 10.1. The SMILES string of the molecule is CO.O=C(NCC1COC(CNC(=O)c2ccccc2Cl)C1)c1cccnc1. The molecule has 0 radical (unpaired) electrons.